The van der Waals surface area contributed by atoms with Crippen molar-refractivity contribution in [1.82, 2.24) is 5.32 Å². The standard InChI is InChI=1S/C18H38ClNO/c1-3-4-5-6-7-8-9-10-11-12-13-20-16-17(2)14-18(21)15-19/h17-18,20-21H,3-16H2,1-2H3. The third-order valence-electron chi connectivity index (χ3n) is 4.05. The molecule has 0 radical (unpaired) electrons. The Labute approximate surface area is 138 Å². The minimum atomic E-state index is -0.346. The zero-order valence-electron chi connectivity index (χ0n) is 14.4. The van der Waals surface area contributed by atoms with Gasteiger partial charge in [-0.15, -0.1) is 11.6 Å². The smallest absolute Gasteiger partial charge is 0.0678 e. The lowest BCUT2D eigenvalue weighted by Crippen LogP contribution is -2.25. The maximum absolute atomic E-state index is 9.46. The lowest BCUT2D eigenvalue weighted by Gasteiger charge is -2.15. The summed E-state index contributed by atoms with van der Waals surface area (Å²) in [5, 5.41) is 12.9. The number of halogens is 1. The SMILES string of the molecule is CCCCCCCCCCCCNCC(C)CC(O)CCl. The van der Waals surface area contributed by atoms with E-state index in [1.165, 1.54) is 64.2 Å². The number of aliphatic hydroxyl groups is 1. The van der Waals surface area contributed by atoms with Crippen LogP contribution in [0.5, 0.6) is 0 Å². The Bertz CT molecular complexity index is 202. The molecule has 0 aliphatic rings. The zero-order chi connectivity index (χ0) is 15.8. The van der Waals surface area contributed by atoms with E-state index in [1.807, 2.05) is 0 Å². The van der Waals surface area contributed by atoms with Crippen molar-refractivity contribution in [3.05, 3.63) is 0 Å². The molecule has 0 aliphatic carbocycles. The van der Waals surface area contributed by atoms with E-state index in [4.69, 9.17) is 11.6 Å². The first-order valence-corrected chi connectivity index (χ1v) is 9.68. The van der Waals surface area contributed by atoms with Crippen LogP contribution in [0.25, 0.3) is 0 Å². The van der Waals surface area contributed by atoms with E-state index >= 15 is 0 Å². The summed E-state index contributed by atoms with van der Waals surface area (Å²) < 4.78 is 0. The summed E-state index contributed by atoms with van der Waals surface area (Å²) in [5.41, 5.74) is 0. The summed E-state index contributed by atoms with van der Waals surface area (Å²) in [4.78, 5) is 0. The first kappa shape index (κ1) is 21.2. The van der Waals surface area contributed by atoms with Crippen LogP contribution in [0, 0.1) is 5.92 Å². The molecule has 0 aromatic heterocycles. The molecule has 0 spiro atoms. The van der Waals surface area contributed by atoms with Gasteiger partial charge in [0.2, 0.25) is 0 Å². The molecule has 3 heteroatoms. The van der Waals surface area contributed by atoms with Crippen LogP contribution < -0.4 is 5.32 Å². The van der Waals surface area contributed by atoms with Crippen molar-refractivity contribution < 1.29 is 5.11 Å². The molecule has 0 heterocycles. The highest BCUT2D eigenvalue weighted by molar-refractivity contribution is 6.18. The van der Waals surface area contributed by atoms with Crippen molar-refractivity contribution >= 4 is 11.6 Å². The Hall–Kier alpha value is 0.210. The van der Waals surface area contributed by atoms with Gasteiger partial charge in [-0.05, 0) is 31.8 Å². The van der Waals surface area contributed by atoms with Crippen LogP contribution in [0.1, 0.15) is 84.5 Å². The fourth-order valence-electron chi connectivity index (χ4n) is 2.70. The summed E-state index contributed by atoms with van der Waals surface area (Å²) in [7, 11) is 0. The number of alkyl halides is 1. The van der Waals surface area contributed by atoms with E-state index in [-0.39, 0.29) is 6.10 Å². The zero-order valence-corrected chi connectivity index (χ0v) is 15.1. The van der Waals surface area contributed by atoms with Crippen molar-refractivity contribution in [1.29, 1.82) is 0 Å². The minimum Gasteiger partial charge on any atom is -0.392 e. The summed E-state index contributed by atoms with van der Waals surface area (Å²) >= 11 is 5.61. The van der Waals surface area contributed by atoms with E-state index in [1.54, 1.807) is 0 Å². The van der Waals surface area contributed by atoms with Crippen molar-refractivity contribution in [3.63, 3.8) is 0 Å². The van der Waals surface area contributed by atoms with Gasteiger partial charge in [-0.25, -0.2) is 0 Å². The van der Waals surface area contributed by atoms with Crippen LogP contribution in [0.15, 0.2) is 0 Å². The normalized spacial score (nSPS) is 14.3. The Morgan fingerprint density at radius 3 is 1.95 bits per heavy atom. The lowest BCUT2D eigenvalue weighted by molar-refractivity contribution is 0.166. The molecule has 2 N–H and O–H groups in total. The van der Waals surface area contributed by atoms with Crippen LogP contribution >= 0.6 is 11.6 Å². The number of aliphatic hydroxyl groups excluding tert-OH is 1. The van der Waals surface area contributed by atoms with E-state index in [0.29, 0.717) is 11.8 Å². The number of unbranched alkanes of at least 4 members (excludes halogenated alkanes) is 9. The van der Waals surface area contributed by atoms with Crippen LogP contribution in [0.3, 0.4) is 0 Å². The molecule has 0 rings (SSSR count). The Morgan fingerprint density at radius 2 is 1.43 bits per heavy atom. The molecule has 0 fully saturated rings. The number of nitrogens with one attached hydrogen (secondary N) is 1. The van der Waals surface area contributed by atoms with E-state index in [2.05, 4.69) is 19.2 Å². The molecule has 0 aromatic carbocycles. The molecule has 0 saturated heterocycles. The first-order chi connectivity index (χ1) is 10.2. The van der Waals surface area contributed by atoms with Crippen LogP contribution in [-0.4, -0.2) is 30.2 Å². The predicted octanol–water partition coefficient (Wildman–Crippen LogP) is 5.12. The van der Waals surface area contributed by atoms with Gasteiger partial charge in [0.15, 0.2) is 0 Å². The molecule has 128 valence electrons. The van der Waals surface area contributed by atoms with Gasteiger partial charge in [-0.2, -0.15) is 0 Å². The van der Waals surface area contributed by atoms with Gasteiger partial charge in [0.25, 0.3) is 0 Å². The van der Waals surface area contributed by atoms with E-state index in [0.717, 1.165) is 19.5 Å². The average Bonchev–Trinajstić information content (AvgIpc) is 2.48. The maximum Gasteiger partial charge on any atom is 0.0678 e. The molecule has 21 heavy (non-hydrogen) atoms. The average molecular weight is 320 g/mol. The number of hydrogen-bond donors (Lipinski definition) is 2. The molecule has 2 unspecified atom stereocenters. The molecule has 0 amide bonds. The number of rotatable bonds is 16. The van der Waals surface area contributed by atoms with Crippen molar-refractivity contribution in [2.45, 2.75) is 90.6 Å². The molecule has 2 nitrogen and oxygen atoms in total. The van der Waals surface area contributed by atoms with Crippen LogP contribution in [-0.2, 0) is 0 Å². The van der Waals surface area contributed by atoms with E-state index in [9.17, 15) is 5.11 Å². The summed E-state index contributed by atoms with van der Waals surface area (Å²) in [6.45, 7) is 6.54. The fraction of sp³-hybridized carbons (Fsp3) is 1.00. The molecule has 0 bridgehead atoms. The van der Waals surface area contributed by atoms with Gasteiger partial charge in [0.05, 0.1) is 6.10 Å². The number of hydrogen-bond acceptors (Lipinski definition) is 2. The van der Waals surface area contributed by atoms with Crippen molar-refractivity contribution in [3.8, 4) is 0 Å². The second-order valence-electron chi connectivity index (χ2n) is 6.54. The van der Waals surface area contributed by atoms with Gasteiger partial charge in [0.1, 0.15) is 0 Å². The van der Waals surface area contributed by atoms with E-state index < -0.39 is 0 Å². The molecular weight excluding hydrogens is 282 g/mol. The highest BCUT2D eigenvalue weighted by Gasteiger charge is 2.08. The fourth-order valence-corrected chi connectivity index (χ4v) is 2.82. The van der Waals surface area contributed by atoms with Crippen LogP contribution in [0.4, 0.5) is 0 Å². The third-order valence-corrected chi connectivity index (χ3v) is 4.41. The highest BCUT2D eigenvalue weighted by atomic mass is 35.5. The van der Waals surface area contributed by atoms with Crippen molar-refractivity contribution in [2.24, 2.45) is 5.92 Å². The monoisotopic (exact) mass is 319 g/mol. The van der Waals surface area contributed by atoms with Gasteiger partial charge < -0.3 is 10.4 Å². The summed E-state index contributed by atoms with van der Waals surface area (Å²) in [6, 6.07) is 0. The molecule has 0 aromatic rings. The van der Waals surface area contributed by atoms with Gasteiger partial charge in [0, 0.05) is 5.88 Å². The molecule has 0 saturated carbocycles. The Morgan fingerprint density at radius 1 is 0.905 bits per heavy atom. The second kappa shape index (κ2) is 16.6. The maximum atomic E-state index is 9.46. The lowest BCUT2D eigenvalue weighted by atomic mass is 10.0. The Balaban J connectivity index is 3.12. The summed E-state index contributed by atoms with van der Waals surface area (Å²) in [5.74, 6) is 0.852. The van der Waals surface area contributed by atoms with Gasteiger partial charge in [-0.3, -0.25) is 0 Å². The molecular formula is C18H38ClNO. The van der Waals surface area contributed by atoms with Crippen LogP contribution in [0.2, 0.25) is 0 Å². The predicted molar refractivity (Wildman–Crippen MR) is 95.2 cm³/mol. The molecule has 0 aliphatic heterocycles. The van der Waals surface area contributed by atoms with Gasteiger partial charge >= 0.3 is 0 Å². The largest absolute Gasteiger partial charge is 0.392 e. The summed E-state index contributed by atoms with van der Waals surface area (Å²) in [6.07, 6.45) is 14.3. The van der Waals surface area contributed by atoms with Crippen molar-refractivity contribution in [2.75, 3.05) is 19.0 Å². The van der Waals surface area contributed by atoms with Gasteiger partial charge in [-0.1, -0.05) is 71.6 Å². The second-order valence-corrected chi connectivity index (χ2v) is 6.84. The highest BCUT2D eigenvalue weighted by Crippen LogP contribution is 2.10. The topological polar surface area (TPSA) is 32.3 Å². The third kappa shape index (κ3) is 16.4. The molecule has 2 atom stereocenters. The quantitative estimate of drug-likeness (QED) is 0.305. The minimum absolute atomic E-state index is 0.346. The Kier molecular flexibility index (Phi) is 16.7. The first-order valence-electron chi connectivity index (χ1n) is 9.15.